The monoisotopic (exact) mass is 407 g/mol. The van der Waals surface area contributed by atoms with Gasteiger partial charge < -0.3 is 10.3 Å². The quantitative estimate of drug-likeness (QED) is 0.625. The van der Waals surface area contributed by atoms with Crippen molar-refractivity contribution in [1.29, 1.82) is 0 Å². The first-order valence-electron chi connectivity index (χ1n) is 10.4. The lowest BCUT2D eigenvalue weighted by Gasteiger charge is -2.30. The van der Waals surface area contributed by atoms with Crippen molar-refractivity contribution in [1.82, 2.24) is 20.2 Å². The molecule has 158 valence electrons. The smallest absolute Gasteiger partial charge is 0.252 e. The molecule has 0 aromatic carbocycles. The van der Waals surface area contributed by atoms with Gasteiger partial charge in [-0.05, 0) is 50.5 Å². The zero-order valence-electron chi connectivity index (χ0n) is 17.6. The van der Waals surface area contributed by atoms with E-state index in [9.17, 15) is 9.59 Å². The van der Waals surface area contributed by atoms with Gasteiger partial charge in [0.1, 0.15) is 0 Å². The number of dihydropyridines is 1. The van der Waals surface area contributed by atoms with Crippen molar-refractivity contribution >= 4 is 11.6 Å². The first-order chi connectivity index (χ1) is 14.5. The third-order valence-electron chi connectivity index (χ3n) is 5.28. The number of amides is 1. The molecule has 0 radical (unpaired) electrons. The minimum Gasteiger partial charge on any atom is -0.352 e. The molecule has 2 aromatic rings. The summed E-state index contributed by atoms with van der Waals surface area (Å²) in [5, 5.41) is 2.92. The normalized spacial score (nSPS) is 14.4. The molecule has 0 bridgehead atoms. The van der Waals surface area contributed by atoms with Crippen LogP contribution in [0, 0.1) is 6.92 Å². The lowest BCUT2D eigenvalue weighted by molar-refractivity contribution is 0.0950. The van der Waals surface area contributed by atoms with Crippen LogP contribution in [0.1, 0.15) is 41.4 Å². The van der Waals surface area contributed by atoms with E-state index in [4.69, 9.17) is 0 Å². The van der Waals surface area contributed by atoms with Crippen LogP contribution in [0.4, 0.5) is 0 Å². The van der Waals surface area contributed by atoms with Crippen molar-refractivity contribution in [2.24, 2.45) is 4.99 Å². The Morgan fingerprint density at radius 1 is 1.33 bits per heavy atom. The van der Waals surface area contributed by atoms with Crippen molar-refractivity contribution in [2.45, 2.75) is 39.3 Å². The van der Waals surface area contributed by atoms with Crippen molar-refractivity contribution in [3.05, 3.63) is 76.0 Å². The topological polar surface area (TPSA) is 90.5 Å². The molecule has 0 spiro atoms. The first-order valence-corrected chi connectivity index (χ1v) is 10.4. The number of hydrogen-bond donors (Lipinski definition) is 2. The summed E-state index contributed by atoms with van der Waals surface area (Å²) in [6, 6.07) is 7.07. The van der Waals surface area contributed by atoms with Gasteiger partial charge in [-0.3, -0.25) is 24.5 Å². The fourth-order valence-electron chi connectivity index (χ4n) is 3.41. The number of nitrogens with one attached hydrogen (secondary N) is 2. The number of carbonyl (C=O) groups excluding carboxylic acids is 1. The van der Waals surface area contributed by atoms with E-state index in [0.717, 1.165) is 43.9 Å². The van der Waals surface area contributed by atoms with Gasteiger partial charge in [0.05, 0.1) is 17.0 Å². The molecule has 2 aromatic heterocycles. The van der Waals surface area contributed by atoms with Crippen molar-refractivity contribution in [3.63, 3.8) is 0 Å². The minimum absolute atomic E-state index is 0.165. The zero-order valence-corrected chi connectivity index (χ0v) is 17.6. The summed E-state index contributed by atoms with van der Waals surface area (Å²) in [5.74, 6) is -0.189. The molecule has 7 heteroatoms. The molecule has 1 unspecified atom stereocenters. The number of aryl methyl sites for hydroxylation is 1. The second-order valence-electron chi connectivity index (χ2n) is 7.46. The number of nitrogens with zero attached hydrogens (tertiary/aromatic N) is 3. The van der Waals surface area contributed by atoms with E-state index in [2.05, 4.69) is 57.2 Å². The number of H-pyrrole nitrogens is 1. The third-order valence-corrected chi connectivity index (χ3v) is 5.28. The number of aromatic amines is 1. The molecule has 1 atom stereocenters. The standard InChI is InChI=1S/C23H29N5O2/c1-17-7-5-12-25-21(17)16-28(18(2)20-8-3-4-11-24-20)14-6-13-26-23(30)19-9-10-22(29)27-15-19/h3,5,7-10,12,15,18H,4,6,11,13-14,16H2,1-2H3,(H,26,30)(H,27,29). The Morgan fingerprint density at radius 3 is 2.90 bits per heavy atom. The maximum absolute atomic E-state index is 12.2. The summed E-state index contributed by atoms with van der Waals surface area (Å²) < 4.78 is 0. The number of pyridine rings is 2. The highest BCUT2D eigenvalue weighted by molar-refractivity contribution is 5.99. The van der Waals surface area contributed by atoms with Crippen LogP contribution in [-0.4, -0.2) is 52.2 Å². The number of aromatic nitrogens is 2. The molecule has 0 saturated heterocycles. The molecule has 0 fully saturated rings. The molecule has 3 heterocycles. The number of hydrogen-bond acceptors (Lipinski definition) is 5. The maximum Gasteiger partial charge on any atom is 0.252 e. The van der Waals surface area contributed by atoms with Crippen molar-refractivity contribution in [2.75, 3.05) is 19.6 Å². The van der Waals surface area contributed by atoms with Crippen LogP contribution >= 0.6 is 0 Å². The molecular weight excluding hydrogens is 378 g/mol. The van der Waals surface area contributed by atoms with Crippen LogP contribution < -0.4 is 10.9 Å². The van der Waals surface area contributed by atoms with E-state index in [1.54, 1.807) is 0 Å². The third kappa shape index (κ3) is 5.97. The zero-order chi connectivity index (χ0) is 21.3. The highest BCUT2D eigenvalue weighted by Crippen LogP contribution is 2.14. The van der Waals surface area contributed by atoms with Crippen LogP contribution in [0.3, 0.4) is 0 Å². The fourth-order valence-corrected chi connectivity index (χ4v) is 3.41. The van der Waals surface area contributed by atoms with Gasteiger partial charge in [0.25, 0.3) is 5.91 Å². The second kappa shape index (κ2) is 10.6. The Bertz CT molecular complexity index is 959. The molecule has 0 aliphatic carbocycles. The molecule has 1 amide bonds. The van der Waals surface area contributed by atoms with Gasteiger partial charge in [0, 0.05) is 50.7 Å². The summed E-state index contributed by atoms with van der Waals surface area (Å²) in [5.41, 5.74) is 3.54. The minimum atomic E-state index is -0.222. The molecule has 3 rings (SSSR count). The molecule has 2 N–H and O–H groups in total. The van der Waals surface area contributed by atoms with Gasteiger partial charge in [-0.2, -0.15) is 0 Å². The predicted molar refractivity (Wildman–Crippen MR) is 119 cm³/mol. The van der Waals surface area contributed by atoms with E-state index < -0.39 is 0 Å². The summed E-state index contributed by atoms with van der Waals surface area (Å²) in [4.78, 5) is 37.5. The molecule has 7 nitrogen and oxygen atoms in total. The van der Waals surface area contributed by atoms with Gasteiger partial charge in [-0.15, -0.1) is 0 Å². The molecular formula is C23H29N5O2. The summed E-state index contributed by atoms with van der Waals surface area (Å²) in [6.45, 7) is 7.16. The van der Waals surface area contributed by atoms with Crippen LogP contribution in [-0.2, 0) is 6.54 Å². The summed E-state index contributed by atoms with van der Waals surface area (Å²) >= 11 is 0. The van der Waals surface area contributed by atoms with Crippen LogP contribution in [0.2, 0.25) is 0 Å². The molecule has 30 heavy (non-hydrogen) atoms. The van der Waals surface area contributed by atoms with E-state index >= 15 is 0 Å². The fraction of sp³-hybridized carbons (Fsp3) is 0.391. The Hall–Kier alpha value is -3.06. The van der Waals surface area contributed by atoms with Crippen LogP contribution in [0.15, 0.2) is 58.6 Å². The van der Waals surface area contributed by atoms with E-state index in [-0.39, 0.29) is 17.5 Å². The van der Waals surface area contributed by atoms with Gasteiger partial charge in [-0.1, -0.05) is 12.1 Å². The average molecular weight is 408 g/mol. The Morgan fingerprint density at radius 2 is 2.20 bits per heavy atom. The number of aliphatic imine (C=N–C) groups is 1. The summed E-state index contributed by atoms with van der Waals surface area (Å²) in [6.07, 6.45) is 9.34. The van der Waals surface area contributed by atoms with Crippen molar-refractivity contribution in [3.8, 4) is 0 Å². The predicted octanol–water partition coefficient (Wildman–Crippen LogP) is 2.49. The maximum atomic E-state index is 12.2. The van der Waals surface area contributed by atoms with Gasteiger partial charge in [-0.25, -0.2) is 0 Å². The Balaban J connectivity index is 1.60. The lowest BCUT2D eigenvalue weighted by atomic mass is 10.1. The first kappa shape index (κ1) is 21.6. The highest BCUT2D eigenvalue weighted by Gasteiger charge is 2.20. The Kier molecular flexibility index (Phi) is 7.68. The summed E-state index contributed by atoms with van der Waals surface area (Å²) in [7, 11) is 0. The molecule has 0 saturated carbocycles. The SMILES string of the molecule is Cc1cccnc1CN(CCCNC(=O)c1ccc(=O)[nH]c1)C(C)C1=NCCC=C1. The second-order valence-corrected chi connectivity index (χ2v) is 7.46. The van der Waals surface area contributed by atoms with Gasteiger partial charge in [0.2, 0.25) is 5.56 Å². The lowest BCUT2D eigenvalue weighted by Crippen LogP contribution is -2.40. The van der Waals surface area contributed by atoms with Crippen LogP contribution in [0.5, 0.6) is 0 Å². The Labute approximate surface area is 177 Å². The van der Waals surface area contributed by atoms with E-state index in [0.29, 0.717) is 12.1 Å². The van der Waals surface area contributed by atoms with Gasteiger partial charge >= 0.3 is 0 Å². The largest absolute Gasteiger partial charge is 0.352 e. The van der Waals surface area contributed by atoms with Crippen molar-refractivity contribution < 1.29 is 4.79 Å². The molecule has 1 aliphatic heterocycles. The number of rotatable bonds is 9. The number of carbonyl (C=O) groups is 1. The van der Waals surface area contributed by atoms with E-state index in [1.165, 1.54) is 23.9 Å². The average Bonchev–Trinajstić information content (AvgIpc) is 2.77. The van der Waals surface area contributed by atoms with Gasteiger partial charge in [0.15, 0.2) is 0 Å². The van der Waals surface area contributed by atoms with Crippen LogP contribution in [0.25, 0.3) is 0 Å². The molecule has 1 aliphatic rings. The van der Waals surface area contributed by atoms with E-state index in [1.807, 2.05) is 12.3 Å². The highest BCUT2D eigenvalue weighted by atomic mass is 16.1.